The lowest BCUT2D eigenvalue weighted by Gasteiger charge is -2.25. The van der Waals surface area contributed by atoms with Crippen molar-refractivity contribution in [1.29, 1.82) is 5.26 Å². The van der Waals surface area contributed by atoms with Gasteiger partial charge in [-0.2, -0.15) is 5.26 Å². The summed E-state index contributed by atoms with van der Waals surface area (Å²) in [6, 6.07) is 16.8. The fraction of sp³-hybridized carbons (Fsp3) is 0.387. The van der Waals surface area contributed by atoms with Crippen LogP contribution in [0.5, 0.6) is 0 Å². The molecule has 0 unspecified atom stereocenters. The van der Waals surface area contributed by atoms with Gasteiger partial charge in [0.25, 0.3) is 0 Å². The van der Waals surface area contributed by atoms with Crippen LogP contribution in [-0.4, -0.2) is 64.3 Å². The van der Waals surface area contributed by atoms with Crippen molar-refractivity contribution >= 4 is 29.1 Å². The van der Waals surface area contributed by atoms with Gasteiger partial charge in [-0.15, -0.1) is 0 Å². The van der Waals surface area contributed by atoms with E-state index in [1.807, 2.05) is 42.2 Å². The fourth-order valence-corrected chi connectivity index (χ4v) is 4.20. The number of hydrogen-bond acceptors (Lipinski definition) is 7. The highest BCUT2D eigenvalue weighted by molar-refractivity contribution is 5.93. The van der Waals surface area contributed by atoms with E-state index in [4.69, 9.17) is 0 Å². The van der Waals surface area contributed by atoms with Crippen molar-refractivity contribution in [3.8, 4) is 17.3 Å². The van der Waals surface area contributed by atoms with Gasteiger partial charge in [-0.05, 0) is 55.9 Å². The van der Waals surface area contributed by atoms with Crippen molar-refractivity contribution < 1.29 is 9.59 Å². The summed E-state index contributed by atoms with van der Waals surface area (Å²) in [5.74, 6) is 0.155. The molecule has 0 spiro atoms. The Balaban J connectivity index is 1.71. The maximum atomic E-state index is 13.0. The second-order valence-electron chi connectivity index (χ2n) is 9.78. The standard InChI is InChI=1S/C31H39N7O2/c1-6-37(7-2)16-17-38(8-3)29(39)19-23-10-9-11-26(18-23)34-31-33-15-14-28(36-31)24-12-13-27(25(20-24)21-32)35-30(40)22(4)5/h9-15,18,20,22H,6-8,16-17,19H2,1-5H3,(H,35,40)(H,33,34,36). The minimum absolute atomic E-state index is 0.103. The lowest BCUT2D eigenvalue weighted by atomic mass is 10.1. The van der Waals surface area contributed by atoms with Crippen LogP contribution >= 0.6 is 0 Å². The average Bonchev–Trinajstić information content (AvgIpc) is 2.95. The van der Waals surface area contributed by atoms with E-state index in [-0.39, 0.29) is 17.7 Å². The average molecular weight is 542 g/mol. The zero-order chi connectivity index (χ0) is 29.1. The van der Waals surface area contributed by atoms with Gasteiger partial charge in [0.05, 0.1) is 23.4 Å². The van der Waals surface area contributed by atoms with Gasteiger partial charge in [-0.25, -0.2) is 9.97 Å². The molecule has 1 heterocycles. The van der Waals surface area contributed by atoms with Gasteiger partial charge in [-0.3, -0.25) is 9.59 Å². The van der Waals surface area contributed by atoms with Crippen molar-refractivity contribution in [3.05, 3.63) is 65.9 Å². The second kappa shape index (κ2) is 14.8. The first-order valence-electron chi connectivity index (χ1n) is 13.8. The Hall–Kier alpha value is -4.29. The number of anilines is 3. The van der Waals surface area contributed by atoms with Crippen molar-refractivity contribution in [2.45, 2.75) is 41.0 Å². The summed E-state index contributed by atoms with van der Waals surface area (Å²) in [5.41, 5.74) is 3.87. The van der Waals surface area contributed by atoms with E-state index in [1.54, 1.807) is 38.2 Å². The summed E-state index contributed by atoms with van der Waals surface area (Å²) in [4.78, 5) is 38.3. The molecule has 2 aromatic carbocycles. The van der Waals surface area contributed by atoms with Crippen LogP contribution in [-0.2, 0) is 16.0 Å². The van der Waals surface area contributed by atoms with Crippen molar-refractivity contribution in [2.75, 3.05) is 43.4 Å². The van der Waals surface area contributed by atoms with Gasteiger partial charge in [0, 0.05) is 43.0 Å². The fourth-order valence-electron chi connectivity index (χ4n) is 4.20. The molecule has 0 saturated heterocycles. The maximum absolute atomic E-state index is 13.0. The molecule has 1 aromatic heterocycles. The summed E-state index contributed by atoms with van der Waals surface area (Å²) in [5, 5.41) is 15.7. The third-order valence-corrected chi connectivity index (χ3v) is 6.73. The Morgan fingerprint density at radius 2 is 1.77 bits per heavy atom. The number of rotatable bonds is 13. The number of aromatic nitrogens is 2. The Morgan fingerprint density at radius 1 is 1.00 bits per heavy atom. The first kappa shape index (κ1) is 30.3. The molecule has 0 aliphatic rings. The van der Waals surface area contributed by atoms with Crippen LogP contribution < -0.4 is 10.6 Å². The van der Waals surface area contributed by atoms with E-state index in [0.29, 0.717) is 42.4 Å². The molecule has 9 heteroatoms. The SMILES string of the molecule is CCN(CC)CCN(CC)C(=O)Cc1cccc(Nc2nccc(-c3ccc(NC(=O)C(C)C)c(C#N)c3)n2)c1. The molecule has 0 radical (unpaired) electrons. The van der Waals surface area contributed by atoms with Crippen molar-refractivity contribution in [3.63, 3.8) is 0 Å². The zero-order valence-corrected chi connectivity index (χ0v) is 24.1. The van der Waals surface area contributed by atoms with Crippen molar-refractivity contribution in [2.24, 2.45) is 5.92 Å². The number of hydrogen-bond donors (Lipinski definition) is 2. The Labute approximate surface area is 237 Å². The number of nitriles is 1. The first-order valence-corrected chi connectivity index (χ1v) is 13.8. The number of benzene rings is 2. The van der Waals surface area contributed by atoms with E-state index in [9.17, 15) is 14.9 Å². The molecule has 2 N–H and O–H groups in total. The maximum Gasteiger partial charge on any atom is 0.227 e. The molecule has 0 aliphatic heterocycles. The number of likely N-dealkylation sites (N-methyl/N-ethyl adjacent to an activating group) is 2. The number of carbonyl (C=O) groups excluding carboxylic acids is 2. The van der Waals surface area contributed by atoms with Crippen LogP contribution in [0.25, 0.3) is 11.3 Å². The third kappa shape index (κ3) is 8.35. The predicted molar refractivity (Wildman–Crippen MR) is 159 cm³/mol. The van der Waals surface area contributed by atoms with E-state index in [1.165, 1.54) is 0 Å². The lowest BCUT2D eigenvalue weighted by molar-refractivity contribution is -0.130. The largest absolute Gasteiger partial charge is 0.341 e. The lowest BCUT2D eigenvalue weighted by Crippen LogP contribution is -2.39. The molecule has 0 aliphatic carbocycles. The van der Waals surface area contributed by atoms with Crippen LogP contribution in [0, 0.1) is 17.2 Å². The molecular formula is C31H39N7O2. The van der Waals surface area contributed by atoms with Gasteiger partial charge in [-0.1, -0.05) is 45.9 Å². The van der Waals surface area contributed by atoms with Crippen LogP contribution in [0.2, 0.25) is 0 Å². The molecular weight excluding hydrogens is 502 g/mol. The molecule has 2 amide bonds. The predicted octanol–water partition coefficient (Wildman–Crippen LogP) is 5.09. The van der Waals surface area contributed by atoms with Crippen LogP contribution in [0.3, 0.4) is 0 Å². The molecule has 0 saturated carbocycles. The highest BCUT2D eigenvalue weighted by Crippen LogP contribution is 2.25. The van der Waals surface area contributed by atoms with Gasteiger partial charge in [0.15, 0.2) is 0 Å². The molecule has 3 rings (SSSR count). The van der Waals surface area contributed by atoms with Gasteiger partial charge >= 0.3 is 0 Å². The summed E-state index contributed by atoms with van der Waals surface area (Å²) < 4.78 is 0. The highest BCUT2D eigenvalue weighted by Gasteiger charge is 2.15. The minimum atomic E-state index is -0.193. The van der Waals surface area contributed by atoms with Crippen LogP contribution in [0.15, 0.2) is 54.7 Å². The Morgan fingerprint density at radius 3 is 2.45 bits per heavy atom. The normalized spacial score (nSPS) is 10.8. The van der Waals surface area contributed by atoms with E-state index in [2.05, 4.69) is 45.4 Å². The summed E-state index contributed by atoms with van der Waals surface area (Å²) >= 11 is 0. The topological polar surface area (TPSA) is 114 Å². The minimum Gasteiger partial charge on any atom is -0.341 e. The summed E-state index contributed by atoms with van der Waals surface area (Å²) in [7, 11) is 0. The molecule has 3 aromatic rings. The monoisotopic (exact) mass is 541 g/mol. The van der Waals surface area contributed by atoms with Gasteiger partial charge in [0.1, 0.15) is 6.07 Å². The third-order valence-electron chi connectivity index (χ3n) is 6.73. The van der Waals surface area contributed by atoms with Gasteiger partial charge in [0.2, 0.25) is 17.8 Å². The number of carbonyl (C=O) groups is 2. The van der Waals surface area contributed by atoms with Gasteiger partial charge < -0.3 is 20.4 Å². The molecule has 210 valence electrons. The van der Waals surface area contributed by atoms with E-state index >= 15 is 0 Å². The highest BCUT2D eigenvalue weighted by atomic mass is 16.2. The zero-order valence-electron chi connectivity index (χ0n) is 24.1. The quantitative estimate of drug-likeness (QED) is 0.310. The molecule has 9 nitrogen and oxygen atoms in total. The van der Waals surface area contributed by atoms with E-state index in [0.717, 1.165) is 36.4 Å². The smallest absolute Gasteiger partial charge is 0.227 e. The molecule has 0 bridgehead atoms. The van der Waals surface area contributed by atoms with E-state index < -0.39 is 0 Å². The van der Waals surface area contributed by atoms with Crippen LogP contribution in [0.4, 0.5) is 17.3 Å². The number of nitrogens with zero attached hydrogens (tertiary/aromatic N) is 5. The molecule has 0 fully saturated rings. The Kier molecular flexibility index (Phi) is 11.2. The summed E-state index contributed by atoms with van der Waals surface area (Å²) in [6.07, 6.45) is 1.96. The molecule has 40 heavy (non-hydrogen) atoms. The first-order chi connectivity index (χ1) is 19.3. The number of nitrogens with one attached hydrogen (secondary N) is 2. The molecule has 0 atom stereocenters. The van der Waals surface area contributed by atoms with Crippen LogP contribution in [0.1, 0.15) is 45.7 Å². The second-order valence-corrected chi connectivity index (χ2v) is 9.78. The van der Waals surface area contributed by atoms with Crippen molar-refractivity contribution in [1.82, 2.24) is 19.8 Å². The summed E-state index contributed by atoms with van der Waals surface area (Å²) in [6.45, 7) is 14.1. The Bertz CT molecular complexity index is 1350. The number of amides is 2.